The highest BCUT2D eigenvalue weighted by atomic mass is 16.7. The minimum absolute atomic E-state index is 0. The number of aliphatic hydroxyl groups excluding tert-OH is 2. The van der Waals surface area contributed by atoms with Crippen LogP contribution in [0.1, 0.15) is 88.0 Å². The molecule has 12 heteroatoms. The highest BCUT2D eigenvalue weighted by molar-refractivity contribution is 6.01. The van der Waals surface area contributed by atoms with Gasteiger partial charge in [-0.3, -0.25) is 14.4 Å². The number of carbonyl (C=O) groups is 4. The van der Waals surface area contributed by atoms with E-state index in [0.717, 1.165) is 0 Å². The van der Waals surface area contributed by atoms with Crippen molar-refractivity contribution in [1.29, 1.82) is 0 Å². The minimum atomic E-state index is -0.621. The van der Waals surface area contributed by atoms with Gasteiger partial charge in [0.2, 0.25) is 0 Å². The molecule has 0 unspecified atom stereocenters. The van der Waals surface area contributed by atoms with Gasteiger partial charge in [0.25, 0.3) is 11.8 Å². The number of carbonyl (C=O) groups excluding carboxylic acids is 4. The molecular weight excluding hydrogens is 488 g/mol. The quantitative estimate of drug-likeness (QED) is 0.148. The van der Waals surface area contributed by atoms with E-state index >= 15 is 0 Å². The minimum Gasteiger partial charge on any atom is -0.466 e. The van der Waals surface area contributed by atoms with Crippen molar-refractivity contribution in [2.24, 2.45) is 5.73 Å². The molecule has 0 radical (unpaired) electrons. The first-order valence-corrected chi connectivity index (χ1v) is 11.1. The van der Waals surface area contributed by atoms with Crippen molar-refractivity contribution in [3.63, 3.8) is 0 Å². The zero-order valence-corrected chi connectivity index (χ0v) is 19.8. The van der Waals surface area contributed by atoms with Crippen LogP contribution in [0.25, 0.3) is 0 Å². The number of nitrogens with zero attached hydrogens (tertiary/aromatic N) is 1. The Kier molecular flexibility index (Phi) is 46.8. The number of hydrogen-bond acceptors (Lipinski definition) is 11. The molecule has 0 saturated carbocycles. The summed E-state index contributed by atoms with van der Waals surface area (Å²) >= 11 is 0. The van der Waals surface area contributed by atoms with Crippen LogP contribution in [-0.4, -0.2) is 92.3 Å². The van der Waals surface area contributed by atoms with Crippen LogP contribution in [-0.2, 0) is 38.2 Å². The van der Waals surface area contributed by atoms with Gasteiger partial charge in [0, 0.05) is 58.9 Å². The summed E-state index contributed by atoms with van der Waals surface area (Å²) in [6.07, 6.45) is 3.02. The van der Waals surface area contributed by atoms with E-state index in [1.807, 2.05) is 0 Å². The molecule has 0 aromatic heterocycles. The molecule has 37 heavy (non-hydrogen) atoms. The SMILES string of the molecule is C.C.C.C.CCOC(=O)CCCOCCCO.CN.O=C(CCCOCCCO)ON1C(=O)CCC1=O. The number of aliphatic hydroxyl groups is 2. The Morgan fingerprint density at radius 2 is 1.14 bits per heavy atom. The topological polar surface area (TPSA) is 175 Å². The number of esters is 1. The first-order valence-electron chi connectivity index (χ1n) is 11.1. The summed E-state index contributed by atoms with van der Waals surface area (Å²) < 4.78 is 15.0. The molecule has 1 rings (SSSR count). The van der Waals surface area contributed by atoms with Gasteiger partial charge in [-0.2, -0.15) is 0 Å². The van der Waals surface area contributed by atoms with Gasteiger partial charge in [-0.15, -0.1) is 5.06 Å². The van der Waals surface area contributed by atoms with Crippen molar-refractivity contribution in [3.8, 4) is 0 Å². The van der Waals surface area contributed by atoms with Crippen LogP contribution >= 0.6 is 0 Å². The van der Waals surface area contributed by atoms with Crippen molar-refractivity contribution < 1.29 is 48.4 Å². The fraction of sp³-hybridized carbons (Fsp3) is 0.840. The molecular formula is C25H56N2O10. The Morgan fingerprint density at radius 3 is 1.51 bits per heavy atom. The standard InChI is InChI=1S/C11H17NO6.C9H18O4.CH5N.4CH4/c13-6-2-8-17-7-1-3-11(16)18-12-9(14)4-5-10(12)15;1-2-13-9(11)5-3-7-12-8-4-6-10;1-2;;;;/h13H,1-8H2;10H,2-8H2,1H3;2H2,1H3;4*1H4. The average molecular weight is 545 g/mol. The van der Waals surface area contributed by atoms with E-state index in [2.05, 4.69) is 10.6 Å². The van der Waals surface area contributed by atoms with Crippen molar-refractivity contribution >= 4 is 23.8 Å². The van der Waals surface area contributed by atoms with Gasteiger partial charge >= 0.3 is 11.9 Å². The molecule has 0 atom stereocenters. The zero-order valence-electron chi connectivity index (χ0n) is 19.8. The first kappa shape index (κ1) is 48.0. The molecule has 0 spiro atoms. The largest absolute Gasteiger partial charge is 0.466 e. The number of imide groups is 1. The Bertz CT molecular complexity index is 518. The smallest absolute Gasteiger partial charge is 0.333 e. The molecule has 1 aliphatic heterocycles. The van der Waals surface area contributed by atoms with Crippen LogP contribution in [0.4, 0.5) is 0 Å². The lowest BCUT2D eigenvalue weighted by Crippen LogP contribution is -2.32. The highest BCUT2D eigenvalue weighted by Crippen LogP contribution is 2.12. The van der Waals surface area contributed by atoms with Crippen molar-refractivity contribution in [2.45, 2.75) is 88.0 Å². The summed E-state index contributed by atoms with van der Waals surface area (Å²) in [4.78, 5) is 49.1. The van der Waals surface area contributed by atoms with Gasteiger partial charge in [-0.1, -0.05) is 29.7 Å². The highest BCUT2D eigenvalue weighted by Gasteiger charge is 2.32. The molecule has 4 N–H and O–H groups in total. The van der Waals surface area contributed by atoms with Crippen molar-refractivity contribution in [1.82, 2.24) is 5.06 Å². The summed E-state index contributed by atoms with van der Waals surface area (Å²) in [7, 11) is 1.50. The lowest BCUT2D eigenvalue weighted by Gasteiger charge is -2.12. The van der Waals surface area contributed by atoms with Crippen LogP contribution in [0.5, 0.6) is 0 Å². The van der Waals surface area contributed by atoms with Crippen molar-refractivity contribution in [3.05, 3.63) is 0 Å². The van der Waals surface area contributed by atoms with E-state index in [0.29, 0.717) is 70.2 Å². The second-order valence-corrected chi connectivity index (χ2v) is 6.44. The lowest BCUT2D eigenvalue weighted by atomic mass is 10.3. The third-order valence-corrected chi connectivity index (χ3v) is 3.74. The fourth-order valence-corrected chi connectivity index (χ4v) is 2.21. The van der Waals surface area contributed by atoms with Gasteiger partial charge in [0.1, 0.15) is 0 Å². The second-order valence-electron chi connectivity index (χ2n) is 6.44. The van der Waals surface area contributed by atoms with Gasteiger partial charge in [0.15, 0.2) is 0 Å². The van der Waals surface area contributed by atoms with Gasteiger partial charge < -0.3 is 35.0 Å². The zero-order chi connectivity index (χ0) is 25.3. The molecule has 1 saturated heterocycles. The molecule has 1 fully saturated rings. The number of nitrogens with two attached hydrogens (primary N) is 1. The predicted molar refractivity (Wildman–Crippen MR) is 144 cm³/mol. The number of rotatable bonds is 16. The predicted octanol–water partition coefficient (Wildman–Crippen LogP) is 2.62. The normalized spacial score (nSPS) is 11.1. The van der Waals surface area contributed by atoms with E-state index in [-0.39, 0.29) is 68.2 Å². The molecule has 0 aromatic rings. The monoisotopic (exact) mass is 544 g/mol. The molecule has 1 aliphatic rings. The second kappa shape index (κ2) is 36.0. The van der Waals surface area contributed by atoms with Crippen LogP contribution in [0.3, 0.4) is 0 Å². The molecule has 12 nitrogen and oxygen atoms in total. The maximum atomic E-state index is 11.3. The Hall–Kier alpha value is -2.12. The van der Waals surface area contributed by atoms with Crippen LogP contribution in [0.15, 0.2) is 0 Å². The lowest BCUT2D eigenvalue weighted by molar-refractivity contribution is -0.197. The first-order chi connectivity index (χ1) is 16.0. The number of ether oxygens (including phenoxy) is 3. The van der Waals surface area contributed by atoms with Crippen LogP contribution < -0.4 is 5.73 Å². The van der Waals surface area contributed by atoms with Crippen molar-refractivity contribution in [2.75, 3.05) is 53.3 Å². The molecule has 226 valence electrons. The van der Waals surface area contributed by atoms with E-state index in [4.69, 9.17) is 24.4 Å². The van der Waals surface area contributed by atoms with Crippen LogP contribution in [0.2, 0.25) is 0 Å². The van der Waals surface area contributed by atoms with Gasteiger partial charge in [-0.25, -0.2) is 4.79 Å². The summed E-state index contributed by atoms with van der Waals surface area (Å²) in [5.74, 6) is -1.75. The van der Waals surface area contributed by atoms with E-state index < -0.39 is 17.8 Å². The summed E-state index contributed by atoms with van der Waals surface area (Å²) in [6, 6.07) is 0. The molecule has 0 aliphatic carbocycles. The number of hydrogen-bond donors (Lipinski definition) is 3. The third kappa shape index (κ3) is 30.0. The van der Waals surface area contributed by atoms with E-state index in [1.165, 1.54) is 7.05 Å². The van der Waals surface area contributed by atoms with E-state index in [9.17, 15) is 19.2 Å². The number of amides is 2. The number of hydroxylamine groups is 2. The Morgan fingerprint density at radius 1 is 0.757 bits per heavy atom. The third-order valence-electron chi connectivity index (χ3n) is 3.74. The fourth-order valence-electron chi connectivity index (χ4n) is 2.21. The summed E-state index contributed by atoms with van der Waals surface area (Å²) in [6.45, 7) is 4.36. The maximum absolute atomic E-state index is 11.3. The Balaban J connectivity index is -0.000000114. The summed E-state index contributed by atoms with van der Waals surface area (Å²) in [5.41, 5.74) is 4.50. The Labute approximate surface area is 224 Å². The molecule has 0 bridgehead atoms. The molecule has 1 heterocycles. The molecule has 2 amide bonds. The van der Waals surface area contributed by atoms with Gasteiger partial charge in [0.05, 0.1) is 13.0 Å². The average Bonchev–Trinajstić information content (AvgIpc) is 3.12. The van der Waals surface area contributed by atoms with Gasteiger partial charge in [-0.05, 0) is 39.7 Å². The van der Waals surface area contributed by atoms with E-state index in [1.54, 1.807) is 6.92 Å². The maximum Gasteiger partial charge on any atom is 0.333 e. The molecule has 0 aromatic carbocycles. The summed E-state index contributed by atoms with van der Waals surface area (Å²) in [5, 5.41) is 17.5. The van der Waals surface area contributed by atoms with Crippen LogP contribution in [0, 0.1) is 0 Å².